The number of aryl methyl sites for hydroxylation is 1. The second kappa shape index (κ2) is 17.4. The molecule has 65 heavy (non-hydrogen) atoms. The fourth-order valence-corrected chi connectivity index (χ4v) is 9.73. The van der Waals surface area contributed by atoms with E-state index in [0.717, 1.165) is 12.1 Å². The first-order valence-corrected chi connectivity index (χ1v) is 22.1. The quantitative estimate of drug-likeness (QED) is 0.0708. The number of amides is 1. The van der Waals surface area contributed by atoms with E-state index in [2.05, 4.69) is 15.7 Å². The van der Waals surface area contributed by atoms with Gasteiger partial charge in [-0.1, -0.05) is 31.9 Å². The third kappa shape index (κ3) is 8.74. The second-order valence-corrected chi connectivity index (χ2v) is 18.0. The fraction of sp³-hybridized carbons (Fsp3) is 0.478. The summed E-state index contributed by atoms with van der Waals surface area (Å²) in [6.45, 7) is 6.33. The molecule has 0 bridgehead atoms. The first-order chi connectivity index (χ1) is 30.7. The van der Waals surface area contributed by atoms with Gasteiger partial charge in [0, 0.05) is 65.7 Å². The first-order valence-electron chi connectivity index (χ1n) is 21.7. The summed E-state index contributed by atoms with van der Waals surface area (Å²) in [5.41, 5.74) is -1.21. The number of alkyl halides is 6. The molecule has 0 saturated heterocycles. The zero-order valence-electron chi connectivity index (χ0n) is 36.0. The Morgan fingerprint density at radius 3 is 2.37 bits per heavy atom. The Balaban J connectivity index is 1.35. The van der Waals surface area contributed by atoms with Gasteiger partial charge in [0.05, 0.1) is 27.8 Å². The lowest BCUT2D eigenvalue weighted by atomic mass is 9.84. The van der Waals surface area contributed by atoms with Gasteiger partial charge in [-0.05, 0) is 93.3 Å². The van der Waals surface area contributed by atoms with Crippen molar-refractivity contribution >= 4 is 39.9 Å². The van der Waals surface area contributed by atoms with Crippen LogP contribution in [0.25, 0.3) is 16.7 Å². The van der Waals surface area contributed by atoms with Crippen molar-refractivity contribution in [3.05, 3.63) is 109 Å². The summed E-state index contributed by atoms with van der Waals surface area (Å²) in [5, 5.41) is 19.1. The molecule has 4 atom stereocenters. The highest BCUT2D eigenvalue weighted by Gasteiger charge is 2.67. The topological polar surface area (TPSA) is 131 Å². The van der Waals surface area contributed by atoms with Crippen molar-refractivity contribution < 1.29 is 39.9 Å². The number of hydrogen-bond donors (Lipinski definition) is 3. The highest BCUT2D eigenvalue weighted by molar-refractivity contribution is 6.35. The van der Waals surface area contributed by atoms with Crippen LogP contribution in [0.1, 0.15) is 142 Å². The molecule has 19 heteroatoms. The zero-order valence-corrected chi connectivity index (χ0v) is 36.7. The number of carbonyl (C=O) groups excluding carboxylic acids is 1. The minimum absolute atomic E-state index is 0.00427. The first kappa shape index (κ1) is 46.2. The molecule has 0 spiro atoms. The molecule has 346 valence electrons. The summed E-state index contributed by atoms with van der Waals surface area (Å²) in [7, 11) is 0. The molecule has 3 aliphatic rings. The lowest BCUT2D eigenvalue weighted by molar-refractivity contribution is -0.123. The maximum atomic E-state index is 15.6. The third-order valence-corrected chi connectivity index (χ3v) is 13.2. The highest BCUT2D eigenvalue weighted by atomic mass is 35.5. The molecule has 10 nitrogen and oxygen atoms in total. The molecule has 3 heterocycles. The predicted molar refractivity (Wildman–Crippen MR) is 229 cm³/mol. The summed E-state index contributed by atoms with van der Waals surface area (Å²) in [4.78, 5) is 39.3. The number of pyridine rings is 1. The number of halogens is 9. The Morgan fingerprint density at radius 2 is 1.72 bits per heavy atom. The van der Waals surface area contributed by atoms with Gasteiger partial charge in [0.1, 0.15) is 35.4 Å². The van der Waals surface area contributed by atoms with Gasteiger partial charge in [-0.25, -0.2) is 36.3 Å². The van der Waals surface area contributed by atoms with E-state index >= 15 is 13.6 Å². The Hall–Kier alpha value is -5.39. The maximum Gasteiger partial charge on any atom is 0.293 e. The van der Waals surface area contributed by atoms with Crippen LogP contribution in [0.15, 0.2) is 41.2 Å². The van der Waals surface area contributed by atoms with Crippen LogP contribution in [0.3, 0.4) is 0 Å². The minimum atomic E-state index is -3.55. The lowest BCUT2D eigenvalue weighted by Crippen LogP contribution is -2.38. The number of anilines is 1. The van der Waals surface area contributed by atoms with Crippen molar-refractivity contribution in [2.75, 3.05) is 5.32 Å². The van der Waals surface area contributed by atoms with Crippen molar-refractivity contribution in [2.45, 2.75) is 134 Å². The van der Waals surface area contributed by atoms with E-state index in [1.54, 1.807) is 13.0 Å². The number of benzene rings is 2. The van der Waals surface area contributed by atoms with Crippen LogP contribution in [0.5, 0.6) is 0 Å². The van der Waals surface area contributed by atoms with Crippen molar-refractivity contribution in [1.29, 1.82) is 5.41 Å². The molecule has 8 rings (SSSR count). The molecular weight excluding hydrogens is 884 g/mol. The van der Waals surface area contributed by atoms with E-state index in [1.165, 1.54) is 16.7 Å². The summed E-state index contributed by atoms with van der Waals surface area (Å²) >= 11 is 6.82. The summed E-state index contributed by atoms with van der Waals surface area (Å²) in [6, 6.07) is 5.49. The summed E-state index contributed by atoms with van der Waals surface area (Å²) in [6.07, 6.45) is -2.78. The number of nitrogens with one attached hydrogen (secondary N) is 3. The van der Waals surface area contributed by atoms with Crippen LogP contribution in [0, 0.1) is 29.9 Å². The maximum absolute atomic E-state index is 15.6. The predicted octanol–water partition coefficient (Wildman–Crippen LogP) is 11.1. The third-order valence-electron chi connectivity index (χ3n) is 12.9. The van der Waals surface area contributed by atoms with Crippen molar-refractivity contribution in [2.24, 2.45) is 5.92 Å². The van der Waals surface area contributed by atoms with E-state index in [-0.39, 0.29) is 93.8 Å². The summed E-state index contributed by atoms with van der Waals surface area (Å²) in [5.74, 6) is -12.1. The van der Waals surface area contributed by atoms with Gasteiger partial charge in [-0.3, -0.25) is 18.8 Å². The largest absolute Gasteiger partial charge is 0.380 e. The Morgan fingerprint density at radius 1 is 1.03 bits per heavy atom. The van der Waals surface area contributed by atoms with Crippen LogP contribution in [0.2, 0.25) is 5.02 Å². The van der Waals surface area contributed by atoms with Gasteiger partial charge >= 0.3 is 0 Å². The zero-order chi connectivity index (χ0) is 46.9. The van der Waals surface area contributed by atoms with E-state index in [9.17, 15) is 31.1 Å². The van der Waals surface area contributed by atoms with Crippen molar-refractivity contribution in [3.8, 4) is 5.69 Å². The lowest BCUT2D eigenvalue weighted by Gasteiger charge is -2.29. The molecular formula is C46H47ClF8N8O2. The van der Waals surface area contributed by atoms with Crippen molar-refractivity contribution in [1.82, 2.24) is 29.6 Å². The average Bonchev–Trinajstić information content (AvgIpc) is 3.88. The molecule has 2 saturated carbocycles. The van der Waals surface area contributed by atoms with Crippen molar-refractivity contribution in [3.63, 3.8) is 0 Å². The summed E-state index contributed by atoms with van der Waals surface area (Å²) < 4.78 is 120. The standard InChI is InChI=1S/C46H47ClF8N8O2/c1-5-7-30(56)37-29(47)8-9-33(38(37)57-22(4)6-2)63-43(60-42-35(44(63)65)21(3)14-31(59-42)24-10-12-45(52,53)13-11-24)32(17-23-15-25(48)18-26(49)16-23)58-34(64)20-62-40-36(39(61-62)41(50)51)27-19-28(27)46(40,54)55/h8-9,14-16,18,22,24,27-28,32,41,56-57H,5-7,10-13,17,19-20H2,1-4H3,(H,58,64). The molecule has 3 N–H and O–H groups in total. The van der Waals surface area contributed by atoms with Gasteiger partial charge in [0.2, 0.25) is 11.8 Å². The Labute approximate surface area is 373 Å². The van der Waals surface area contributed by atoms with Gasteiger partial charge < -0.3 is 16.0 Å². The second-order valence-electron chi connectivity index (χ2n) is 17.6. The fourth-order valence-electron chi connectivity index (χ4n) is 9.45. The van der Waals surface area contributed by atoms with Crippen LogP contribution in [-0.4, -0.2) is 47.9 Å². The molecule has 4 unspecified atom stereocenters. The van der Waals surface area contributed by atoms with Crippen LogP contribution < -0.4 is 16.2 Å². The van der Waals surface area contributed by atoms with Gasteiger partial charge in [0.25, 0.3) is 17.9 Å². The molecule has 0 aliphatic heterocycles. The van der Waals surface area contributed by atoms with Crippen LogP contribution >= 0.6 is 11.6 Å². The number of aromatic nitrogens is 5. The van der Waals surface area contributed by atoms with Gasteiger partial charge in [0.15, 0.2) is 5.65 Å². The molecule has 0 radical (unpaired) electrons. The Bertz CT molecular complexity index is 2750. The number of rotatable bonds is 15. The van der Waals surface area contributed by atoms with Gasteiger partial charge in [-0.2, -0.15) is 13.9 Å². The minimum Gasteiger partial charge on any atom is -0.380 e. The Kier molecular flexibility index (Phi) is 12.4. The smallest absolute Gasteiger partial charge is 0.293 e. The SMILES string of the molecule is CCCC(=N)c1c(Cl)ccc(-n2c(C(Cc3cc(F)cc(F)c3)NC(=O)Cn3nc(C(F)F)c4c3C(F)(F)C3CC43)nc3nc(C4CCC(F)(F)CC4)cc(C)c3c2=O)c1NC(C)CC. The van der Waals surface area contributed by atoms with Gasteiger partial charge in [-0.15, -0.1) is 0 Å². The molecule has 3 aromatic heterocycles. The number of hydrogen-bond acceptors (Lipinski definition) is 7. The molecule has 2 fully saturated rings. The van der Waals surface area contributed by atoms with E-state index in [1.807, 2.05) is 20.8 Å². The normalized spacial score (nSPS) is 19.5. The van der Waals surface area contributed by atoms with E-state index < -0.39 is 89.5 Å². The van der Waals surface area contributed by atoms with E-state index in [0.29, 0.717) is 41.3 Å². The molecule has 3 aliphatic carbocycles. The number of fused-ring (bicyclic) bond motifs is 4. The molecule has 1 amide bonds. The number of nitrogens with zero attached hydrogens (tertiary/aromatic N) is 5. The van der Waals surface area contributed by atoms with E-state index in [4.69, 9.17) is 27.0 Å². The number of carbonyl (C=O) groups is 1. The van der Waals surface area contributed by atoms with Crippen LogP contribution in [-0.2, 0) is 23.7 Å². The van der Waals surface area contributed by atoms with Crippen LogP contribution in [0.4, 0.5) is 40.8 Å². The average molecular weight is 931 g/mol. The molecule has 2 aromatic carbocycles. The monoisotopic (exact) mass is 930 g/mol. The molecule has 5 aromatic rings. The highest BCUT2D eigenvalue weighted by Crippen LogP contribution is 2.68.